The van der Waals surface area contributed by atoms with Gasteiger partial charge in [0.2, 0.25) is 11.7 Å². The largest absolute Gasteiger partial charge is 0.376 e. The van der Waals surface area contributed by atoms with Gasteiger partial charge < -0.3 is 14.6 Å². The first-order valence-electron chi connectivity index (χ1n) is 7.49. The van der Waals surface area contributed by atoms with E-state index in [0.717, 1.165) is 31.4 Å². The van der Waals surface area contributed by atoms with Gasteiger partial charge in [0, 0.05) is 12.8 Å². The van der Waals surface area contributed by atoms with Crippen molar-refractivity contribution in [1.82, 2.24) is 10.1 Å². The molecule has 0 aliphatic heterocycles. The minimum Gasteiger partial charge on any atom is -0.376 e. The Morgan fingerprint density at radius 3 is 2.67 bits per heavy atom. The highest BCUT2D eigenvalue weighted by molar-refractivity contribution is 5.42. The van der Waals surface area contributed by atoms with Gasteiger partial charge in [-0.25, -0.2) is 0 Å². The Morgan fingerprint density at radius 1 is 1.19 bits per heavy atom. The third kappa shape index (κ3) is 3.08. The van der Waals surface area contributed by atoms with Crippen molar-refractivity contribution in [1.29, 1.82) is 0 Å². The Bertz CT molecular complexity index is 562. The number of ether oxygens (including phenoxy) is 1. The fourth-order valence-corrected chi connectivity index (χ4v) is 2.89. The van der Waals surface area contributed by atoms with E-state index in [-0.39, 0.29) is 5.60 Å². The molecule has 1 aromatic carbocycles. The third-order valence-corrected chi connectivity index (χ3v) is 4.15. The van der Waals surface area contributed by atoms with Crippen LogP contribution in [-0.2, 0) is 16.9 Å². The van der Waals surface area contributed by atoms with Crippen molar-refractivity contribution in [3.05, 3.63) is 42.0 Å². The summed E-state index contributed by atoms with van der Waals surface area (Å²) in [6.07, 6.45) is 5.49. The fraction of sp³-hybridized carbons (Fsp3) is 0.500. The third-order valence-electron chi connectivity index (χ3n) is 4.15. The molecular formula is C16H21N3O2. The first-order chi connectivity index (χ1) is 10.3. The molecule has 2 aromatic rings. The highest BCUT2D eigenvalue weighted by Gasteiger charge is 2.38. The van der Waals surface area contributed by atoms with Crippen molar-refractivity contribution in [2.75, 3.05) is 12.4 Å². The highest BCUT2D eigenvalue weighted by atomic mass is 16.5. The van der Waals surface area contributed by atoms with Crippen LogP contribution in [-0.4, -0.2) is 17.3 Å². The van der Waals surface area contributed by atoms with E-state index in [0.29, 0.717) is 18.3 Å². The molecule has 21 heavy (non-hydrogen) atoms. The summed E-state index contributed by atoms with van der Waals surface area (Å²) in [6.45, 7) is 0.525. The summed E-state index contributed by atoms with van der Waals surface area (Å²) in [4.78, 5) is 4.53. The van der Waals surface area contributed by atoms with E-state index in [1.54, 1.807) is 7.11 Å². The number of hydrogen-bond acceptors (Lipinski definition) is 5. The molecule has 1 heterocycles. The lowest BCUT2D eigenvalue weighted by Gasteiger charge is -2.32. The van der Waals surface area contributed by atoms with Crippen LogP contribution in [0, 0.1) is 0 Å². The second-order valence-corrected chi connectivity index (χ2v) is 5.49. The van der Waals surface area contributed by atoms with Crippen LogP contribution in [0.3, 0.4) is 0 Å². The van der Waals surface area contributed by atoms with E-state index in [1.807, 2.05) is 30.3 Å². The van der Waals surface area contributed by atoms with Gasteiger partial charge in [-0.1, -0.05) is 42.6 Å². The maximum Gasteiger partial charge on any atom is 0.246 e. The SMILES string of the molecule is COC1(c2noc(CNc3ccccc3)n2)CCCCC1. The molecule has 1 saturated carbocycles. The van der Waals surface area contributed by atoms with Crippen LogP contribution < -0.4 is 5.32 Å². The number of nitrogens with one attached hydrogen (secondary N) is 1. The predicted octanol–water partition coefficient (Wildman–Crippen LogP) is 3.49. The number of anilines is 1. The molecule has 0 atom stereocenters. The zero-order chi connectivity index (χ0) is 14.5. The molecule has 0 amide bonds. The van der Waals surface area contributed by atoms with E-state index in [9.17, 15) is 0 Å². The summed E-state index contributed by atoms with van der Waals surface area (Å²) in [5.74, 6) is 1.28. The quantitative estimate of drug-likeness (QED) is 0.912. The minimum absolute atomic E-state index is 0.354. The summed E-state index contributed by atoms with van der Waals surface area (Å²) < 4.78 is 11.1. The molecule has 0 unspecified atom stereocenters. The summed E-state index contributed by atoms with van der Waals surface area (Å²) in [6, 6.07) is 9.98. The van der Waals surface area contributed by atoms with Crippen molar-refractivity contribution in [3.63, 3.8) is 0 Å². The Labute approximate surface area is 124 Å². The molecule has 0 spiro atoms. The zero-order valence-corrected chi connectivity index (χ0v) is 12.3. The molecule has 0 radical (unpaired) electrons. The van der Waals surface area contributed by atoms with Crippen molar-refractivity contribution in [2.45, 2.75) is 44.2 Å². The number of aromatic nitrogens is 2. The molecule has 3 rings (SSSR count). The molecule has 5 nitrogen and oxygen atoms in total. The second kappa shape index (κ2) is 6.26. The number of hydrogen-bond donors (Lipinski definition) is 1. The smallest absolute Gasteiger partial charge is 0.246 e. The molecular weight excluding hydrogens is 266 g/mol. The van der Waals surface area contributed by atoms with Gasteiger partial charge in [0.15, 0.2) is 0 Å². The summed E-state index contributed by atoms with van der Waals surface area (Å²) >= 11 is 0. The average Bonchev–Trinajstić information content (AvgIpc) is 3.04. The lowest BCUT2D eigenvalue weighted by molar-refractivity contribution is -0.0527. The Hall–Kier alpha value is -1.88. The standard InChI is InChI=1S/C16H21N3O2/c1-20-16(10-6-3-7-11-16)15-18-14(21-19-15)12-17-13-8-4-2-5-9-13/h2,4-5,8-9,17H,3,6-7,10-12H2,1H3. The van der Waals surface area contributed by atoms with Gasteiger partial charge in [-0.05, 0) is 25.0 Å². The molecule has 0 saturated heterocycles. The minimum atomic E-state index is -0.354. The Morgan fingerprint density at radius 2 is 1.95 bits per heavy atom. The topological polar surface area (TPSA) is 60.2 Å². The van der Waals surface area contributed by atoms with E-state index in [2.05, 4.69) is 15.5 Å². The first-order valence-corrected chi connectivity index (χ1v) is 7.49. The molecule has 1 aliphatic rings. The zero-order valence-electron chi connectivity index (χ0n) is 12.3. The predicted molar refractivity (Wildman–Crippen MR) is 79.8 cm³/mol. The van der Waals surface area contributed by atoms with Crippen LogP contribution in [0.2, 0.25) is 0 Å². The molecule has 1 aliphatic carbocycles. The van der Waals surface area contributed by atoms with Crippen molar-refractivity contribution in [3.8, 4) is 0 Å². The molecule has 1 aromatic heterocycles. The van der Waals surface area contributed by atoms with Gasteiger partial charge in [-0.15, -0.1) is 0 Å². The first kappa shape index (κ1) is 14.1. The van der Waals surface area contributed by atoms with Crippen LogP contribution in [0.4, 0.5) is 5.69 Å². The maximum atomic E-state index is 5.74. The van der Waals surface area contributed by atoms with E-state index in [1.165, 1.54) is 6.42 Å². The average molecular weight is 287 g/mol. The number of rotatable bonds is 5. The van der Waals surface area contributed by atoms with E-state index in [4.69, 9.17) is 9.26 Å². The maximum absolute atomic E-state index is 5.74. The van der Waals surface area contributed by atoms with E-state index >= 15 is 0 Å². The van der Waals surface area contributed by atoms with Gasteiger partial charge in [0.25, 0.3) is 0 Å². The van der Waals surface area contributed by atoms with Crippen LogP contribution in [0.5, 0.6) is 0 Å². The highest BCUT2D eigenvalue weighted by Crippen LogP contribution is 2.38. The molecule has 5 heteroatoms. The molecule has 112 valence electrons. The van der Waals surface area contributed by atoms with Crippen molar-refractivity contribution < 1.29 is 9.26 Å². The molecule has 0 bridgehead atoms. The Kier molecular flexibility index (Phi) is 4.20. The monoisotopic (exact) mass is 287 g/mol. The number of nitrogens with zero attached hydrogens (tertiary/aromatic N) is 2. The summed E-state index contributed by atoms with van der Waals surface area (Å²) in [5, 5.41) is 7.41. The lowest BCUT2D eigenvalue weighted by atomic mass is 9.84. The van der Waals surface area contributed by atoms with Crippen molar-refractivity contribution >= 4 is 5.69 Å². The van der Waals surface area contributed by atoms with Crippen LogP contribution in [0.25, 0.3) is 0 Å². The number of benzene rings is 1. The van der Waals surface area contributed by atoms with Gasteiger partial charge in [-0.3, -0.25) is 0 Å². The van der Waals surface area contributed by atoms with Gasteiger partial charge in [0.05, 0.1) is 6.54 Å². The normalized spacial score (nSPS) is 17.6. The lowest BCUT2D eigenvalue weighted by Crippen LogP contribution is -2.32. The van der Waals surface area contributed by atoms with Gasteiger partial charge in [0.1, 0.15) is 5.60 Å². The van der Waals surface area contributed by atoms with Crippen LogP contribution in [0.1, 0.15) is 43.8 Å². The second-order valence-electron chi connectivity index (χ2n) is 5.49. The van der Waals surface area contributed by atoms with E-state index < -0.39 is 0 Å². The van der Waals surface area contributed by atoms with Crippen LogP contribution >= 0.6 is 0 Å². The van der Waals surface area contributed by atoms with Gasteiger partial charge >= 0.3 is 0 Å². The van der Waals surface area contributed by atoms with Crippen molar-refractivity contribution in [2.24, 2.45) is 0 Å². The number of methoxy groups -OCH3 is 1. The molecule has 1 fully saturated rings. The van der Waals surface area contributed by atoms with Gasteiger partial charge in [-0.2, -0.15) is 4.98 Å². The number of para-hydroxylation sites is 1. The molecule has 1 N–H and O–H groups in total. The van der Waals surface area contributed by atoms with Crippen LogP contribution in [0.15, 0.2) is 34.9 Å². The Balaban J connectivity index is 1.68. The summed E-state index contributed by atoms with van der Waals surface area (Å²) in [7, 11) is 1.74. The fourth-order valence-electron chi connectivity index (χ4n) is 2.89. The summed E-state index contributed by atoms with van der Waals surface area (Å²) in [5.41, 5.74) is 0.684.